The highest BCUT2D eigenvalue weighted by molar-refractivity contribution is 5.49. The molecule has 0 heterocycles. The number of phenols is 2. The average molecular weight is 292 g/mol. The molecule has 1 aromatic carbocycles. The zero-order valence-corrected chi connectivity index (χ0v) is 14.5. The van der Waals surface area contributed by atoms with Crippen LogP contribution >= 0.6 is 0 Å². The topological polar surface area (TPSA) is 40.5 Å². The van der Waals surface area contributed by atoms with Crippen LogP contribution in [0.2, 0.25) is 0 Å². The molecule has 2 N–H and O–H groups in total. The van der Waals surface area contributed by atoms with Gasteiger partial charge in [0.15, 0.2) is 0 Å². The van der Waals surface area contributed by atoms with Crippen molar-refractivity contribution in [3.05, 3.63) is 35.4 Å². The molecule has 1 aromatic rings. The van der Waals surface area contributed by atoms with Crippen LogP contribution < -0.4 is 0 Å². The van der Waals surface area contributed by atoms with Gasteiger partial charge in [0.25, 0.3) is 0 Å². The zero-order valence-electron chi connectivity index (χ0n) is 14.5. The molecule has 0 aromatic heterocycles. The SMILES string of the molecule is CC.CCCC/C=C\C(C)(C)c1cc(O)c(CC)c(O)c1. The van der Waals surface area contributed by atoms with E-state index in [9.17, 15) is 10.2 Å². The number of aromatic hydroxyl groups is 2. The third-order valence-corrected chi connectivity index (χ3v) is 3.56. The van der Waals surface area contributed by atoms with Crippen molar-refractivity contribution in [2.45, 2.75) is 72.6 Å². The van der Waals surface area contributed by atoms with Crippen LogP contribution in [0.15, 0.2) is 24.3 Å². The van der Waals surface area contributed by atoms with Gasteiger partial charge < -0.3 is 10.2 Å². The largest absolute Gasteiger partial charge is 0.508 e. The molecule has 2 heteroatoms. The Balaban J connectivity index is 0.00000191. The second kappa shape index (κ2) is 9.49. The Labute approximate surface area is 130 Å². The summed E-state index contributed by atoms with van der Waals surface area (Å²) in [5.41, 5.74) is 1.37. The number of benzene rings is 1. The number of hydrogen-bond donors (Lipinski definition) is 2. The van der Waals surface area contributed by atoms with Crippen LogP contribution in [0.3, 0.4) is 0 Å². The Morgan fingerprint density at radius 1 is 1.05 bits per heavy atom. The van der Waals surface area contributed by atoms with Gasteiger partial charge in [0.1, 0.15) is 11.5 Å². The second-order valence-electron chi connectivity index (χ2n) is 5.61. The fraction of sp³-hybridized carbons (Fsp3) is 0.579. The number of rotatable bonds is 6. The quantitative estimate of drug-likeness (QED) is 0.520. The minimum atomic E-state index is -0.186. The maximum absolute atomic E-state index is 9.96. The smallest absolute Gasteiger partial charge is 0.122 e. The summed E-state index contributed by atoms with van der Waals surface area (Å²) >= 11 is 0. The van der Waals surface area contributed by atoms with Crippen molar-refractivity contribution >= 4 is 0 Å². The maximum Gasteiger partial charge on any atom is 0.122 e. The van der Waals surface area contributed by atoms with E-state index in [1.165, 1.54) is 12.8 Å². The van der Waals surface area contributed by atoms with E-state index in [1.807, 2.05) is 20.8 Å². The lowest BCUT2D eigenvalue weighted by molar-refractivity contribution is 0.435. The molecule has 0 spiro atoms. The van der Waals surface area contributed by atoms with Gasteiger partial charge in [0.2, 0.25) is 0 Å². The standard InChI is InChI=1S/C17H26O2.C2H6/c1-5-7-8-9-10-17(3,4)13-11-15(18)14(6-2)16(19)12-13;1-2/h9-12,18-19H,5-8H2,1-4H3;1-2H3/b10-9-;. The molecule has 0 unspecified atom stereocenters. The molecule has 0 atom stereocenters. The number of hydrogen-bond acceptors (Lipinski definition) is 2. The van der Waals surface area contributed by atoms with Gasteiger partial charge in [-0.2, -0.15) is 0 Å². The Morgan fingerprint density at radius 3 is 2.00 bits per heavy atom. The van der Waals surface area contributed by atoms with E-state index < -0.39 is 0 Å². The lowest BCUT2D eigenvalue weighted by Crippen LogP contribution is -2.13. The Morgan fingerprint density at radius 2 is 1.57 bits per heavy atom. The summed E-state index contributed by atoms with van der Waals surface area (Å²) in [7, 11) is 0. The fourth-order valence-corrected chi connectivity index (χ4v) is 2.17. The highest BCUT2D eigenvalue weighted by Crippen LogP contribution is 2.35. The Kier molecular flexibility index (Phi) is 8.84. The number of unbranched alkanes of at least 4 members (excludes halogenated alkanes) is 2. The van der Waals surface area contributed by atoms with Crippen molar-refractivity contribution in [2.75, 3.05) is 0 Å². The van der Waals surface area contributed by atoms with Crippen LogP contribution in [-0.2, 0) is 11.8 Å². The zero-order chi connectivity index (χ0) is 16.5. The van der Waals surface area contributed by atoms with E-state index in [-0.39, 0.29) is 16.9 Å². The molecular weight excluding hydrogens is 260 g/mol. The average Bonchev–Trinajstić information content (AvgIpc) is 2.45. The predicted molar refractivity (Wildman–Crippen MR) is 92.2 cm³/mol. The lowest BCUT2D eigenvalue weighted by Gasteiger charge is -2.22. The highest BCUT2D eigenvalue weighted by Gasteiger charge is 2.20. The molecule has 0 saturated carbocycles. The van der Waals surface area contributed by atoms with Gasteiger partial charge in [-0.15, -0.1) is 0 Å². The highest BCUT2D eigenvalue weighted by atomic mass is 16.3. The van der Waals surface area contributed by atoms with Crippen molar-refractivity contribution in [3.8, 4) is 11.5 Å². The third-order valence-electron chi connectivity index (χ3n) is 3.56. The third kappa shape index (κ3) is 5.82. The molecule has 0 radical (unpaired) electrons. The summed E-state index contributed by atoms with van der Waals surface area (Å²) in [4.78, 5) is 0. The van der Waals surface area contributed by atoms with Crippen molar-refractivity contribution in [1.29, 1.82) is 0 Å². The summed E-state index contributed by atoms with van der Waals surface area (Å²) in [5.74, 6) is 0.375. The van der Waals surface area contributed by atoms with Crippen LogP contribution in [0.5, 0.6) is 11.5 Å². The number of phenolic OH excluding ortho intramolecular Hbond substituents is 2. The molecule has 0 aliphatic rings. The normalized spacial score (nSPS) is 11.3. The summed E-state index contributed by atoms with van der Waals surface area (Å²) < 4.78 is 0. The summed E-state index contributed by atoms with van der Waals surface area (Å²) in [6.07, 6.45) is 8.43. The monoisotopic (exact) mass is 292 g/mol. The molecular formula is C19H32O2. The molecule has 0 amide bonds. The van der Waals surface area contributed by atoms with Gasteiger partial charge in [0, 0.05) is 11.0 Å². The first-order valence-electron chi connectivity index (χ1n) is 8.15. The van der Waals surface area contributed by atoms with Gasteiger partial charge in [-0.05, 0) is 30.5 Å². The van der Waals surface area contributed by atoms with Crippen molar-refractivity contribution < 1.29 is 10.2 Å². The molecule has 0 saturated heterocycles. The minimum Gasteiger partial charge on any atom is -0.508 e. The van der Waals surface area contributed by atoms with E-state index in [0.717, 1.165) is 12.0 Å². The van der Waals surface area contributed by atoms with Crippen molar-refractivity contribution in [2.24, 2.45) is 0 Å². The van der Waals surface area contributed by atoms with Crippen LogP contribution in [0, 0.1) is 0 Å². The van der Waals surface area contributed by atoms with E-state index in [1.54, 1.807) is 12.1 Å². The first-order valence-corrected chi connectivity index (χ1v) is 8.15. The predicted octanol–water partition coefficient (Wildman–Crippen LogP) is 5.71. The van der Waals surface area contributed by atoms with Crippen LogP contribution in [0.25, 0.3) is 0 Å². The fourth-order valence-electron chi connectivity index (χ4n) is 2.17. The molecule has 0 fully saturated rings. The Bertz CT molecular complexity index is 422. The van der Waals surface area contributed by atoms with Crippen molar-refractivity contribution in [3.63, 3.8) is 0 Å². The van der Waals surface area contributed by atoms with Gasteiger partial charge in [0.05, 0.1) is 0 Å². The summed E-state index contributed by atoms with van der Waals surface area (Å²) in [5, 5.41) is 19.9. The summed E-state index contributed by atoms with van der Waals surface area (Å²) in [6, 6.07) is 3.53. The Hall–Kier alpha value is -1.44. The van der Waals surface area contributed by atoms with Crippen LogP contribution in [0.1, 0.15) is 71.9 Å². The number of allylic oxidation sites excluding steroid dienone is 2. The lowest BCUT2D eigenvalue weighted by atomic mass is 9.83. The molecule has 21 heavy (non-hydrogen) atoms. The van der Waals surface area contributed by atoms with Gasteiger partial charge in [-0.25, -0.2) is 0 Å². The summed E-state index contributed by atoms with van der Waals surface area (Å²) in [6.45, 7) is 12.3. The molecule has 0 aliphatic carbocycles. The molecule has 0 bridgehead atoms. The second-order valence-corrected chi connectivity index (χ2v) is 5.61. The molecule has 1 rings (SSSR count). The first-order chi connectivity index (χ1) is 9.92. The van der Waals surface area contributed by atoms with Crippen LogP contribution in [-0.4, -0.2) is 10.2 Å². The van der Waals surface area contributed by atoms with Crippen LogP contribution in [0.4, 0.5) is 0 Å². The van der Waals surface area contributed by atoms with Gasteiger partial charge in [-0.3, -0.25) is 0 Å². The van der Waals surface area contributed by atoms with E-state index in [4.69, 9.17) is 0 Å². The van der Waals surface area contributed by atoms with Crippen molar-refractivity contribution in [1.82, 2.24) is 0 Å². The first kappa shape index (κ1) is 19.6. The minimum absolute atomic E-state index is 0.186. The van der Waals surface area contributed by atoms with Gasteiger partial charge in [-0.1, -0.05) is 66.5 Å². The molecule has 0 aliphatic heterocycles. The van der Waals surface area contributed by atoms with E-state index >= 15 is 0 Å². The van der Waals surface area contributed by atoms with E-state index in [2.05, 4.69) is 32.9 Å². The van der Waals surface area contributed by atoms with Gasteiger partial charge >= 0.3 is 0 Å². The maximum atomic E-state index is 9.96. The molecule has 2 nitrogen and oxygen atoms in total. The van der Waals surface area contributed by atoms with E-state index in [0.29, 0.717) is 12.0 Å². The molecule has 120 valence electrons.